The zero-order valence-corrected chi connectivity index (χ0v) is 20.7. The molecule has 2 saturated carbocycles. The van der Waals surface area contributed by atoms with Gasteiger partial charge in [0, 0.05) is 0 Å². The van der Waals surface area contributed by atoms with E-state index in [0.717, 1.165) is 61.3 Å². The number of aryl methyl sites for hydroxylation is 1. The summed E-state index contributed by atoms with van der Waals surface area (Å²) in [5.41, 5.74) is 0.431. The average molecular weight is 490 g/mol. The fraction of sp³-hybridized carbons (Fsp3) is 0.633. The quantitative estimate of drug-likeness (QED) is 0.139. The van der Waals surface area contributed by atoms with Crippen molar-refractivity contribution in [2.45, 2.75) is 96.1 Å². The lowest BCUT2D eigenvalue weighted by atomic mass is 9.68. The maximum atomic E-state index is 12.8. The minimum absolute atomic E-state index is 0.567. The second kappa shape index (κ2) is 13.9. The number of benzene rings is 1. The van der Waals surface area contributed by atoms with Gasteiger partial charge >= 0.3 is 6.18 Å². The van der Waals surface area contributed by atoms with Gasteiger partial charge in [-0.25, -0.2) is 0 Å². The molecule has 3 rings (SSSR count). The molecule has 0 saturated heterocycles. The third kappa shape index (κ3) is 9.47. The van der Waals surface area contributed by atoms with Crippen LogP contribution in [-0.4, -0.2) is 0 Å². The van der Waals surface area contributed by atoms with Crippen LogP contribution >= 0.6 is 0 Å². The summed E-state index contributed by atoms with van der Waals surface area (Å²) in [5.74, 6) is 2.63. The summed E-state index contributed by atoms with van der Waals surface area (Å²) in [5, 5.41) is 8.40. The van der Waals surface area contributed by atoms with E-state index in [2.05, 4.69) is 0 Å². The van der Waals surface area contributed by atoms with E-state index in [9.17, 15) is 17.6 Å². The van der Waals surface area contributed by atoms with Gasteiger partial charge in [0.05, 0.1) is 5.56 Å². The normalized spacial score (nSPS) is 26.1. The van der Waals surface area contributed by atoms with Crippen molar-refractivity contribution in [1.29, 1.82) is 5.26 Å². The molecule has 2 aliphatic rings. The first-order chi connectivity index (χ1) is 16.8. The Labute approximate surface area is 208 Å². The maximum absolute atomic E-state index is 12.8. The number of alkyl halides is 3. The van der Waals surface area contributed by atoms with Gasteiger partial charge in [0.15, 0.2) is 5.83 Å². The zero-order chi connectivity index (χ0) is 25.1. The first kappa shape index (κ1) is 27.5. The van der Waals surface area contributed by atoms with Crippen LogP contribution in [0.5, 0.6) is 0 Å². The molecule has 192 valence electrons. The summed E-state index contributed by atoms with van der Waals surface area (Å²) in [7, 11) is 0. The van der Waals surface area contributed by atoms with Crippen LogP contribution in [0.15, 0.2) is 48.3 Å². The molecular formula is C30H39F4N. The van der Waals surface area contributed by atoms with E-state index in [1.807, 2.05) is 6.08 Å². The topological polar surface area (TPSA) is 23.8 Å². The molecule has 0 spiro atoms. The van der Waals surface area contributed by atoms with Crippen LogP contribution < -0.4 is 0 Å². The second-order valence-electron chi connectivity index (χ2n) is 10.6. The van der Waals surface area contributed by atoms with Crippen molar-refractivity contribution in [3.8, 4) is 6.07 Å². The van der Waals surface area contributed by atoms with E-state index < -0.39 is 17.6 Å². The van der Waals surface area contributed by atoms with Crippen LogP contribution in [0.1, 0.15) is 94.6 Å². The molecule has 0 unspecified atom stereocenters. The molecule has 0 N–H and O–H groups in total. The third-order valence-corrected chi connectivity index (χ3v) is 8.29. The first-order valence-corrected chi connectivity index (χ1v) is 13.4. The summed E-state index contributed by atoms with van der Waals surface area (Å²) in [6.07, 6.45) is 17.7. The number of hydrogen-bond acceptors (Lipinski definition) is 1. The Morgan fingerprint density at radius 1 is 0.857 bits per heavy atom. The highest BCUT2D eigenvalue weighted by atomic mass is 19.4. The molecule has 0 heterocycles. The molecule has 1 aromatic carbocycles. The van der Waals surface area contributed by atoms with E-state index in [0.29, 0.717) is 0 Å². The highest BCUT2D eigenvalue weighted by Crippen LogP contribution is 2.43. The molecule has 35 heavy (non-hydrogen) atoms. The average Bonchev–Trinajstić information content (AvgIpc) is 2.87. The molecule has 0 aromatic heterocycles. The fourth-order valence-electron chi connectivity index (χ4n) is 6.14. The molecule has 0 aliphatic heterocycles. The van der Waals surface area contributed by atoms with Gasteiger partial charge in [-0.1, -0.05) is 62.8 Å². The second-order valence-corrected chi connectivity index (χ2v) is 10.6. The number of allylic oxidation sites excluding steroid dienone is 4. The Balaban J connectivity index is 1.25. The van der Waals surface area contributed by atoms with Crippen molar-refractivity contribution in [3.63, 3.8) is 0 Å². The minimum atomic E-state index is -4.26. The van der Waals surface area contributed by atoms with E-state index in [4.69, 9.17) is 5.26 Å². The van der Waals surface area contributed by atoms with Crippen LogP contribution in [0.4, 0.5) is 17.6 Å². The lowest BCUT2D eigenvalue weighted by molar-refractivity contribution is -0.137. The molecule has 0 bridgehead atoms. The largest absolute Gasteiger partial charge is 0.416 e. The number of rotatable bonds is 10. The summed E-state index contributed by atoms with van der Waals surface area (Å²) >= 11 is 0. The highest BCUT2D eigenvalue weighted by Gasteiger charge is 2.31. The summed E-state index contributed by atoms with van der Waals surface area (Å²) in [6, 6.07) is 7.11. The van der Waals surface area contributed by atoms with Gasteiger partial charge in [0.2, 0.25) is 0 Å². The molecular weight excluding hydrogens is 450 g/mol. The van der Waals surface area contributed by atoms with Crippen molar-refractivity contribution >= 4 is 0 Å². The van der Waals surface area contributed by atoms with Crippen LogP contribution in [0.3, 0.4) is 0 Å². The van der Waals surface area contributed by atoms with Gasteiger partial charge < -0.3 is 0 Å². The van der Waals surface area contributed by atoms with Gasteiger partial charge in [0.25, 0.3) is 0 Å². The molecule has 0 amide bonds. The van der Waals surface area contributed by atoms with Crippen LogP contribution in [0.25, 0.3) is 0 Å². The molecule has 2 aliphatic carbocycles. The minimum Gasteiger partial charge on any atom is -0.195 e. The maximum Gasteiger partial charge on any atom is 0.416 e. The molecule has 1 aromatic rings. The van der Waals surface area contributed by atoms with E-state index in [-0.39, 0.29) is 0 Å². The first-order valence-electron chi connectivity index (χ1n) is 13.4. The smallest absolute Gasteiger partial charge is 0.195 e. The summed E-state index contributed by atoms with van der Waals surface area (Å²) in [6.45, 7) is 0. The van der Waals surface area contributed by atoms with Crippen molar-refractivity contribution in [3.05, 3.63) is 59.4 Å². The molecule has 0 atom stereocenters. The van der Waals surface area contributed by atoms with Crippen molar-refractivity contribution in [2.24, 2.45) is 23.7 Å². The molecule has 5 heteroatoms. The SMILES string of the molecule is N#CC(F)=CC=CCC[C@H]1CC[C@H]([C@H]2CC[C@H](CCCCc3ccc(C(F)(F)F)cc3)CC2)CC1. The van der Waals surface area contributed by atoms with Gasteiger partial charge in [-0.05, 0) is 98.8 Å². The Morgan fingerprint density at radius 3 is 1.97 bits per heavy atom. The standard InChI is InChI=1S/C30H39F4N/c31-29(22-35)9-3-1-2-6-23-10-16-26(17-11-23)27-18-12-24(13-19-27)7-4-5-8-25-14-20-28(21-15-25)30(32,33)34/h1,3,9,14-15,20-21,23-24,26-27H,2,4-8,10-13,16-19H2/t23-,24-,26-,27-. The summed E-state index contributed by atoms with van der Waals surface area (Å²) in [4.78, 5) is 0. The van der Waals surface area contributed by atoms with Crippen molar-refractivity contribution < 1.29 is 17.6 Å². The lowest BCUT2D eigenvalue weighted by Gasteiger charge is -2.38. The van der Waals surface area contributed by atoms with E-state index in [1.165, 1.54) is 82.1 Å². The monoisotopic (exact) mass is 489 g/mol. The van der Waals surface area contributed by atoms with Crippen LogP contribution in [0.2, 0.25) is 0 Å². The van der Waals surface area contributed by atoms with Crippen LogP contribution in [-0.2, 0) is 12.6 Å². The van der Waals surface area contributed by atoms with Gasteiger partial charge in [-0.2, -0.15) is 22.8 Å². The van der Waals surface area contributed by atoms with E-state index in [1.54, 1.807) is 18.2 Å². The van der Waals surface area contributed by atoms with Crippen molar-refractivity contribution in [1.82, 2.24) is 0 Å². The summed E-state index contributed by atoms with van der Waals surface area (Å²) < 4.78 is 50.8. The number of nitriles is 1. The van der Waals surface area contributed by atoms with Gasteiger partial charge in [-0.3, -0.25) is 0 Å². The lowest BCUT2D eigenvalue weighted by Crippen LogP contribution is -2.25. The van der Waals surface area contributed by atoms with Crippen molar-refractivity contribution in [2.75, 3.05) is 0 Å². The number of halogens is 4. The Kier molecular flexibility index (Phi) is 10.9. The Morgan fingerprint density at radius 2 is 1.43 bits per heavy atom. The number of nitrogens with zero attached hydrogens (tertiary/aromatic N) is 1. The van der Waals surface area contributed by atoms with Gasteiger partial charge in [0.1, 0.15) is 6.07 Å². The van der Waals surface area contributed by atoms with Gasteiger partial charge in [-0.15, -0.1) is 0 Å². The third-order valence-electron chi connectivity index (χ3n) is 8.29. The Bertz CT molecular complexity index is 846. The molecule has 2 fully saturated rings. The van der Waals surface area contributed by atoms with E-state index >= 15 is 0 Å². The highest BCUT2D eigenvalue weighted by molar-refractivity contribution is 5.24. The zero-order valence-electron chi connectivity index (χ0n) is 20.7. The molecule has 0 radical (unpaired) electrons. The fourth-order valence-corrected chi connectivity index (χ4v) is 6.14. The van der Waals surface area contributed by atoms with Crippen LogP contribution in [0, 0.1) is 35.0 Å². The number of unbranched alkanes of at least 4 members (excludes halogenated alkanes) is 1. The Hall–Kier alpha value is -2.09. The molecule has 1 nitrogen and oxygen atoms in total. The predicted octanol–water partition coefficient (Wildman–Crippen LogP) is 9.74. The predicted molar refractivity (Wildman–Crippen MR) is 133 cm³/mol. The number of hydrogen-bond donors (Lipinski definition) is 0.